The van der Waals surface area contributed by atoms with Crippen LogP contribution in [0.4, 0.5) is 0 Å². The fourth-order valence-electron chi connectivity index (χ4n) is 3.60. The van der Waals surface area contributed by atoms with Crippen LogP contribution in [0, 0.1) is 6.92 Å². The third-order valence-corrected chi connectivity index (χ3v) is 6.83. The van der Waals surface area contributed by atoms with Crippen LogP contribution < -0.4 is 5.32 Å². The van der Waals surface area contributed by atoms with Crippen molar-refractivity contribution in [2.45, 2.75) is 70.6 Å². The SMILES string of the molecule is CC[S@@](=O)[C@H]1CCC[C@H](NC(=O)c2cc(C(C)C)nc3onc(C)c23)C1. The maximum Gasteiger partial charge on any atom is 0.259 e. The fourth-order valence-corrected chi connectivity index (χ4v) is 4.95. The average Bonchev–Trinajstić information content (AvgIpc) is 3.01. The van der Waals surface area contributed by atoms with E-state index in [0.717, 1.165) is 31.4 Å². The average molecular weight is 378 g/mol. The molecule has 26 heavy (non-hydrogen) atoms. The van der Waals surface area contributed by atoms with Crippen molar-refractivity contribution in [1.82, 2.24) is 15.5 Å². The van der Waals surface area contributed by atoms with Crippen molar-refractivity contribution in [3.8, 4) is 0 Å². The molecular formula is C19H27N3O3S. The molecule has 0 aromatic carbocycles. The quantitative estimate of drug-likeness (QED) is 0.862. The fraction of sp³-hybridized carbons (Fsp3) is 0.632. The number of amides is 1. The van der Waals surface area contributed by atoms with E-state index in [2.05, 4.69) is 15.5 Å². The van der Waals surface area contributed by atoms with Crippen LogP contribution in [0.25, 0.3) is 11.1 Å². The third-order valence-electron chi connectivity index (χ3n) is 5.09. The minimum absolute atomic E-state index is 0.0580. The smallest absolute Gasteiger partial charge is 0.259 e. The first-order valence-corrected chi connectivity index (χ1v) is 10.7. The predicted octanol–water partition coefficient (Wildman–Crippen LogP) is 3.46. The molecule has 2 aromatic heterocycles. The molecule has 2 aromatic rings. The van der Waals surface area contributed by atoms with Crippen molar-refractivity contribution in [3.63, 3.8) is 0 Å². The van der Waals surface area contributed by atoms with Crippen molar-refractivity contribution >= 4 is 27.8 Å². The molecule has 0 radical (unpaired) electrons. The second kappa shape index (κ2) is 7.86. The lowest BCUT2D eigenvalue weighted by molar-refractivity contribution is 0.0929. The molecule has 142 valence electrons. The Morgan fingerprint density at radius 1 is 1.42 bits per heavy atom. The van der Waals surface area contributed by atoms with Crippen molar-refractivity contribution < 1.29 is 13.5 Å². The molecule has 2 heterocycles. The molecule has 6 nitrogen and oxygen atoms in total. The van der Waals surface area contributed by atoms with Gasteiger partial charge in [-0.1, -0.05) is 32.3 Å². The highest BCUT2D eigenvalue weighted by Crippen LogP contribution is 2.27. The summed E-state index contributed by atoms with van der Waals surface area (Å²) in [6, 6.07) is 1.90. The van der Waals surface area contributed by atoms with Gasteiger partial charge in [-0.15, -0.1) is 0 Å². The highest BCUT2D eigenvalue weighted by molar-refractivity contribution is 7.85. The summed E-state index contributed by atoms with van der Waals surface area (Å²) in [4.78, 5) is 17.5. The standard InChI is InChI=1S/C19H27N3O3S/c1-5-26(24)14-8-6-7-13(9-14)20-18(23)15-10-16(11(2)3)21-19-17(15)12(4)22-25-19/h10-11,13-14H,5-9H2,1-4H3,(H,20,23)/t13-,14-,26+/m0/s1. The summed E-state index contributed by atoms with van der Waals surface area (Å²) in [6.07, 6.45) is 3.68. The topological polar surface area (TPSA) is 85.1 Å². The number of carbonyl (C=O) groups excluding carboxylic acids is 1. The molecule has 0 unspecified atom stereocenters. The van der Waals surface area contributed by atoms with Gasteiger partial charge in [0.05, 0.1) is 16.6 Å². The van der Waals surface area contributed by atoms with Gasteiger partial charge in [-0.25, -0.2) is 4.98 Å². The summed E-state index contributed by atoms with van der Waals surface area (Å²) in [6.45, 7) is 7.84. The van der Waals surface area contributed by atoms with E-state index in [0.29, 0.717) is 28.1 Å². The van der Waals surface area contributed by atoms with Crippen molar-refractivity contribution in [3.05, 3.63) is 23.0 Å². The molecule has 1 N–H and O–H groups in total. The molecule has 0 aliphatic heterocycles. The maximum absolute atomic E-state index is 13.0. The van der Waals surface area contributed by atoms with Gasteiger partial charge in [0.15, 0.2) is 0 Å². The van der Waals surface area contributed by atoms with Crippen LogP contribution in [-0.4, -0.2) is 37.3 Å². The maximum atomic E-state index is 13.0. The first kappa shape index (κ1) is 19.0. The van der Waals surface area contributed by atoms with Gasteiger partial charge >= 0.3 is 0 Å². The van der Waals surface area contributed by atoms with Crippen LogP contribution in [-0.2, 0) is 10.8 Å². The molecule has 3 atom stereocenters. The minimum atomic E-state index is -0.809. The van der Waals surface area contributed by atoms with Crippen LogP contribution in [0.5, 0.6) is 0 Å². The van der Waals surface area contributed by atoms with Gasteiger partial charge < -0.3 is 9.84 Å². The van der Waals surface area contributed by atoms with E-state index in [4.69, 9.17) is 4.52 Å². The Kier molecular flexibility index (Phi) is 5.75. The highest BCUT2D eigenvalue weighted by atomic mass is 32.2. The van der Waals surface area contributed by atoms with E-state index in [9.17, 15) is 9.00 Å². The molecule has 1 aliphatic carbocycles. The Morgan fingerprint density at radius 2 is 2.19 bits per heavy atom. The second-order valence-electron chi connectivity index (χ2n) is 7.33. The van der Waals surface area contributed by atoms with Crippen LogP contribution in [0.2, 0.25) is 0 Å². The third kappa shape index (κ3) is 3.82. The van der Waals surface area contributed by atoms with E-state index in [-0.39, 0.29) is 23.1 Å². The molecule has 1 amide bonds. The number of nitrogens with zero attached hydrogens (tertiary/aromatic N) is 2. The zero-order valence-electron chi connectivity index (χ0n) is 15.9. The first-order valence-electron chi connectivity index (χ1n) is 9.35. The molecule has 0 bridgehead atoms. The number of pyridine rings is 1. The number of aromatic nitrogens is 2. The number of aryl methyl sites for hydroxylation is 1. The monoisotopic (exact) mass is 377 g/mol. The number of hydrogen-bond donors (Lipinski definition) is 1. The molecule has 1 fully saturated rings. The number of hydrogen-bond acceptors (Lipinski definition) is 5. The lowest BCUT2D eigenvalue weighted by Crippen LogP contribution is -2.41. The summed E-state index contributed by atoms with van der Waals surface area (Å²) < 4.78 is 17.4. The second-order valence-corrected chi connectivity index (χ2v) is 9.33. The first-order chi connectivity index (χ1) is 12.4. The van der Waals surface area contributed by atoms with Crippen LogP contribution >= 0.6 is 0 Å². The van der Waals surface area contributed by atoms with Crippen LogP contribution in [0.15, 0.2) is 10.6 Å². The molecule has 7 heteroatoms. The molecule has 0 saturated heterocycles. The molecule has 3 rings (SSSR count). The van der Waals surface area contributed by atoms with Crippen LogP contribution in [0.3, 0.4) is 0 Å². The summed E-state index contributed by atoms with van der Waals surface area (Å²) in [5.41, 5.74) is 2.46. The highest BCUT2D eigenvalue weighted by Gasteiger charge is 2.28. The van der Waals surface area contributed by atoms with Gasteiger partial charge in [-0.3, -0.25) is 9.00 Å². The Bertz CT molecular complexity index is 831. The summed E-state index contributed by atoms with van der Waals surface area (Å²) in [5.74, 6) is 0.731. The van der Waals surface area contributed by atoms with Crippen molar-refractivity contribution in [2.24, 2.45) is 0 Å². The van der Waals surface area contributed by atoms with E-state index >= 15 is 0 Å². The van der Waals surface area contributed by atoms with Gasteiger partial charge in [0.25, 0.3) is 11.6 Å². The molecular weight excluding hydrogens is 350 g/mol. The van der Waals surface area contributed by atoms with Gasteiger partial charge in [0, 0.05) is 33.5 Å². The number of rotatable bonds is 5. The number of nitrogens with one attached hydrogen (secondary N) is 1. The Hall–Kier alpha value is -1.76. The van der Waals surface area contributed by atoms with E-state index in [1.165, 1.54) is 0 Å². The Morgan fingerprint density at radius 3 is 2.88 bits per heavy atom. The Labute approximate surface area is 156 Å². The minimum Gasteiger partial charge on any atom is -0.349 e. The van der Waals surface area contributed by atoms with Crippen LogP contribution in [0.1, 0.15) is 74.1 Å². The van der Waals surface area contributed by atoms with E-state index < -0.39 is 10.8 Å². The summed E-state index contributed by atoms with van der Waals surface area (Å²) in [5, 5.41) is 7.98. The lowest BCUT2D eigenvalue weighted by Gasteiger charge is -2.29. The Balaban J connectivity index is 1.85. The summed E-state index contributed by atoms with van der Waals surface area (Å²) in [7, 11) is -0.809. The molecule has 1 saturated carbocycles. The van der Waals surface area contributed by atoms with E-state index in [1.54, 1.807) is 0 Å². The molecule has 1 aliphatic rings. The number of carbonyl (C=O) groups is 1. The zero-order valence-corrected chi connectivity index (χ0v) is 16.7. The largest absolute Gasteiger partial charge is 0.349 e. The van der Waals surface area contributed by atoms with Gasteiger partial charge in [0.2, 0.25) is 0 Å². The molecule has 0 spiro atoms. The van der Waals surface area contributed by atoms with Gasteiger partial charge in [-0.05, 0) is 38.2 Å². The predicted molar refractivity (Wildman–Crippen MR) is 103 cm³/mol. The van der Waals surface area contributed by atoms with E-state index in [1.807, 2.05) is 33.8 Å². The summed E-state index contributed by atoms with van der Waals surface area (Å²) >= 11 is 0. The van der Waals surface area contributed by atoms with Gasteiger partial charge in [-0.2, -0.15) is 0 Å². The zero-order chi connectivity index (χ0) is 18.8. The normalized spacial score (nSPS) is 21.9. The lowest BCUT2D eigenvalue weighted by atomic mass is 9.94. The van der Waals surface area contributed by atoms with Gasteiger partial charge in [0.1, 0.15) is 0 Å². The van der Waals surface area contributed by atoms with Crippen molar-refractivity contribution in [2.75, 3.05) is 5.75 Å². The van der Waals surface area contributed by atoms with Crippen molar-refractivity contribution in [1.29, 1.82) is 0 Å². The number of fused-ring (bicyclic) bond motifs is 1.